The number of anilines is 1. The van der Waals surface area contributed by atoms with Crippen LogP contribution in [0.15, 0.2) is 12.3 Å². The average Bonchev–Trinajstić information content (AvgIpc) is 2.38. The highest BCUT2D eigenvalue weighted by Gasteiger charge is 2.25. The van der Waals surface area contributed by atoms with Crippen molar-refractivity contribution in [3.63, 3.8) is 0 Å². The molecule has 1 aromatic rings. The number of nitrogens with zero attached hydrogens (tertiary/aromatic N) is 4. The summed E-state index contributed by atoms with van der Waals surface area (Å²) in [7, 11) is 2.00. The third-order valence-electron chi connectivity index (χ3n) is 3.13. The van der Waals surface area contributed by atoms with Gasteiger partial charge in [-0.3, -0.25) is 14.9 Å². The van der Waals surface area contributed by atoms with E-state index in [1.807, 2.05) is 11.9 Å². The van der Waals surface area contributed by atoms with Gasteiger partial charge in [0, 0.05) is 38.4 Å². The minimum atomic E-state index is -0.722. The molecule has 0 aromatic carbocycles. The van der Waals surface area contributed by atoms with E-state index in [9.17, 15) is 14.9 Å². The number of aromatic nitrogens is 1. The molecule has 1 aliphatic rings. The van der Waals surface area contributed by atoms with Gasteiger partial charge < -0.3 is 15.5 Å². The number of carbonyl (C=O) groups excluding carboxylic acids is 1. The summed E-state index contributed by atoms with van der Waals surface area (Å²) in [5, 5.41) is 11.1. The topological polar surface area (TPSA) is 106 Å². The number of rotatable bonds is 3. The summed E-state index contributed by atoms with van der Waals surface area (Å²) in [6, 6.07) is 1.18. The molecule has 2 N–H and O–H groups in total. The van der Waals surface area contributed by atoms with Crippen molar-refractivity contribution in [2.24, 2.45) is 5.73 Å². The van der Waals surface area contributed by atoms with E-state index >= 15 is 0 Å². The maximum Gasteiger partial charge on any atom is 0.312 e. The smallest absolute Gasteiger partial charge is 0.312 e. The Balaban J connectivity index is 2.34. The fourth-order valence-electron chi connectivity index (χ4n) is 1.98. The van der Waals surface area contributed by atoms with Crippen LogP contribution >= 0.6 is 0 Å². The molecule has 8 nitrogen and oxygen atoms in total. The number of primary amides is 1. The van der Waals surface area contributed by atoms with Crippen molar-refractivity contribution in [3.8, 4) is 0 Å². The molecule has 0 saturated carbocycles. The van der Waals surface area contributed by atoms with E-state index in [1.165, 1.54) is 12.3 Å². The number of nitro groups is 1. The number of pyridine rings is 1. The molecule has 102 valence electrons. The van der Waals surface area contributed by atoms with Gasteiger partial charge in [-0.15, -0.1) is 0 Å². The molecule has 0 spiro atoms. The lowest BCUT2D eigenvalue weighted by Crippen LogP contribution is -2.45. The summed E-state index contributed by atoms with van der Waals surface area (Å²) in [4.78, 5) is 29.6. The van der Waals surface area contributed by atoms with Gasteiger partial charge >= 0.3 is 5.69 Å². The Morgan fingerprint density at radius 1 is 1.42 bits per heavy atom. The van der Waals surface area contributed by atoms with Crippen molar-refractivity contribution in [2.45, 2.75) is 0 Å². The van der Waals surface area contributed by atoms with Crippen LogP contribution in [0.2, 0.25) is 0 Å². The maximum atomic E-state index is 11.1. The van der Waals surface area contributed by atoms with Crippen LogP contribution in [0.5, 0.6) is 0 Å². The molecule has 19 heavy (non-hydrogen) atoms. The van der Waals surface area contributed by atoms with Gasteiger partial charge in [0.05, 0.1) is 10.5 Å². The van der Waals surface area contributed by atoms with Gasteiger partial charge in [-0.2, -0.15) is 0 Å². The normalized spacial score (nSPS) is 16.4. The van der Waals surface area contributed by atoms with E-state index in [0.717, 1.165) is 13.1 Å². The van der Waals surface area contributed by atoms with Crippen LogP contribution in [0, 0.1) is 10.1 Å². The summed E-state index contributed by atoms with van der Waals surface area (Å²) in [6.07, 6.45) is 1.28. The Morgan fingerprint density at radius 2 is 2.05 bits per heavy atom. The molecule has 2 heterocycles. The number of hydrogen-bond acceptors (Lipinski definition) is 6. The fourth-order valence-corrected chi connectivity index (χ4v) is 1.98. The predicted molar refractivity (Wildman–Crippen MR) is 69.1 cm³/mol. The summed E-state index contributed by atoms with van der Waals surface area (Å²) in [5.74, 6) is -0.427. The summed E-state index contributed by atoms with van der Waals surface area (Å²) in [6.45, 7) is 2.97. The monoisotopic (exact) mass is 265 g/mol. The van der Waals surface area contributed by atoms with Crippen molar-refractivity contribution < 1.29 is 9.72 Å². The van der Waals surface area contributed by atoms with E-state index in [4.69, 9.17) is 5.73 Å². The van der Waals surface area contributed by atoms with Crippen LogP contribution < -0.4 is 10.6 Å². The second-order valence-electron chi connectivity index (χ2n) is 4.48. The molecule has 1 saturated heterocycles. The quantitative estimate of drug-likeness (QED) is 0.601. The van der Waals surface area contributed by atoms with Crippen molar-refractivity contribution >= 4 is 17.4 Å². The van der Waals surface area contributed by atoms with Gasteiger partial charge in [0.1, 0.15) is 0 Å². The Morgan fingerprint density at radius 3 is 2.58 bits per heavy atom. The molecule has 0 unspecified atom stereocenters. The fraction of sp³-hybridized carbons (Fsp3) is 0.455. The largest absolute Gasteiger partial charge is 0.366 e. The summed E-state index contributed by atoms with van der Waals surface area (Å²) >= 11 is 0. The Kier molecular flexibility index (Phi) is 3.61. The first-order valence-corrected chi connectivity index (χ1v) is 5.87. The van der Waals surface area contributed by atoms with Gasteiger partial charge in [-0.1, -0.05) is 0 Å². The zero-order valence-corrected chi connectivity index (χ0v) is 10.6. The molecule has 0 aliphatic carbocycles. The van der Waals surface area contributed by atoms with E-state index < -0.39 is 10.8 Å². The average molecular weight is 265 g/mol. The molecule has 0 bridgehead atoms. The maximum absolute atomic E-state index is 11.1. The number of nitrogens with two attached hydrogens (primary N) is 1. The molecule has 1 fully saturated rings. The van der Waals surface area contributed by atoms with Crippen LogP contribution in [0.3, 0.4) is 0 Å². The molecule has 0 radical (unpaired) electrons. The molecule has 1 aromatic heterocycles. The standard InChI is InChI=1S/C11H15N5O3/c1-14-2-4-15(5-3-14)11-9(16(18)19)6-8(7-13-11)10(12)17/h6-7H,2-5H2,1H3,(H2,12,17). The van der Waals surface area contributed by atoms with Crippen molar-refractivity contribution in [3.05, 3.63) is 27.9 Å². The molecular weight excluding hydrogens is 250 g/mol. The number of carbonyl (C=O) groups is 1. The van der Waals surface area contributed by atoms with E-state index in [-0.39, 0.29) is 11.3 Å². The number of amides is 1. The number of likely N-dealkylation sites (N-methyl/N-ethyl adjacent to an activating group) is 1. The Bertz CT molecular complexity index is 511. The third kappa shape index (κ3) is 2.79. The lowest BCUT2D eigenvalue weighted by Gasteiger charge is -2.32. The molecule has 8 heteroatoms. The third-order valence-corrected chi connectivity index (χ3v) is 3.13. The first kappa shape index (κ1) is 13.2. The van der Waals surface area contributed by atoms with Crippen LogP contribution in [0.1, 0.15) is 10.4 Å². The lowest BCUT2D eigenvalue weighted by atomic mass is 10.2. The summed E-state index contributed by atoms with van der Waals surface area (Å²) < 4.78 is 0. The zero-order valence-electron chi connectivity index (χ0n) is 10.6. The highest BCUT2D eigenvalue weighted by Crippen LogP contribution is 2.27. The first-order valence-electron chi connectivity index (χ1n) is 5.87. The predicted octanol–water partition coefficient (Wildman–Crippen LogP) is -0.160. The van der Waals surface area contributed by atoms with Gasteiger partial charge in [-0.05, 0) is 7.05 Å². The van der Waals surface area contributed by atoms with Gasteiger partial charge in [0.2, 0.25) is 5.82 Å². The van der Waals surface area contributed by atoms with Crippen molar-refractivity contribution in [2.75, 3.05) is 38.1 Å². The lowest BCUT2D eigenvalue weighted by molar-refractivity contribution is -0.384. The molecule has 2 rings (SSSR count). The second kappa shape index (κ2) is 5.19. The molecule has 1 amide bonds. The zero-order chi connectivity index (χ0) is 14.0. The number of hydrogen-bond donors (Lipinski definition) is 1. The van der Waals surface area contributed by atoms with Gasteiger partial charge in [0.15, 0.2) is 0 Å². The minimum absolute atomic E-state index is 0.0459. The van der Waals surface area contributed by atoms with Gasteiger partial charge in [-0.25, -0.2) is 4.98 Å². The SMILES string of the molecule is CN1CCN(c2ncc(C(N)=O)cc2[N+](=O)[O-])CC1. The second-order valence-corrected chi connectivity index (χ2v) is 4.48. The van der Waals surface area contributed by atoms with Crippen LogP contribution in [-0.2, 0) is 0 Å². The van der Waals surface area contributed by atoms with Crippen molar-refractivity contribution in [1.82, 2.24) is 9.88 Å². The minimum Gasteiger partial charge on any atom is -0.366 e. The highest BCUT2D eigenvalue weighted by molar-refractivity contribution is 5.93. The molecule has 1 aliphatic heterocycles. The molecule has 0 atom stereocenters. The number of piperazine rings is 1. The van der Waals surface area contributed by atoms with E-state index in [2.05, 4.69) is 9.88 Å². The van der Waals surface area contributed by atoms with Crippen LogP contribution in [0.25, 0.3) is 0 Å². The van der Waals surface area contributed by atoms with E-state index in [1.54, 1.807) is 0 Å². The first-order chi connectivity index (χ1) is 8.99. The van der Waals surface area contributed by atoms with Crippen molar-refractivity contribution in [1.29, 1.82) is 0 Å². The van der Waals surface area contributed by atoms with E-state index in [0.29, 0.717) is 18.9 Å². The van der Waals surface area contributed by atoms with Crippen LogP contribution in [-0.4, -0.2) is 53.9 Å². The summed E-state index contributed by atoms with van der Waals surface area (Å²) in [5.41, 5.74) is 4.97. The van der Waals surface area contributed by atoms with Crippen LogP contribution in [0.4, 0.5) is 11.5 Å². The molecular formula is C11H15N5O3. The Hall–Kier alpha value is -2.22. The highest BCUT2D eigenvalue weighted by atomic mass is 16.6. The van der Waals surface area contributed by atoms with Gasteiger partial charge in [0.25, 0.3) is 5.91 Å². The Labute approximate surface area is 110 Å².